The number of fused-ring (bicyclic) bond motifs is 1. The number of aromatic amines is 1. The molecule has 2 atom stereocenters. The molecule has 2 aliphatic heterocycles. The number of rotatable bonds is 2. The molecule has 0 spiro atoms. The predicted octanol–water partition coefficient (Wildman–Crippen LogP) is 0.116. The van der Waals surface area contributed by atoms with Gasteiger partial charge < -0.3 is 20.3 Å². The van der Waals surface area contributed by atoms with E-state index in [2.05, 4.69) is 20.4 Å². The van der Waals surface area contributed by atoms with Gasteiger partial charge in [-0.15, -0.1) is 5.10 Å². The van der Waals surface area contributed by atoms with Crippen molar-refractivity contribution in [1.29, 1.82) is 0 Å². The highest BCUT2D eigenvalue weighted by Gasteiger charge is 2.40. The third-order valence-electron chi connectivity index (χ3n) is 3.54. The number of hydrogen-bond donors (Lipinski definition) is 2. The lowest BCUT2D eigenvalue weighted by molar-refractivity contribution is -0.388. The largest absolute Gasteiger partial charge is 0.366 e. The third-order valence-corrected chi connectivity index (χ3v) is 3.54. The van der Waals surface area contributed by atoms with Gasteiger partial charge in [-0.1, -0.05) is 5.10 Å². The van der Waals surface area contributed by atoms with Crippen LogP contribution in [0.3, 0.4) is 0 Å². The summed E-state index contributed by atoms with van der Waals surface area (Å²) in [5.74, 6) is 0.627. The Morgan fingerprint density at radius 2 is 2.44 bits per heavy atom. The van der Waals surface area contributed by atoms with Gasteiger partial charge in [0.1, 0.15) is 6.20 Å². The molecular formula is C9H13N5O2. The van der Waals surface area contributed by atoms with Crippen LogP contribution in [-0.4, -0.2) is 40.8 Å². The lowest BCUT2D eigenvalue weighted by Gasteiger charge is -2.23. The predicted molar refractivity (Wildman–Crippen MR) is 57.4 cm³/mol. The number of H-pyrrole nitrogens is 1. The highest BCUT2D eigenvalue weighted by atomic mass is 16.6. The Labute approximate surface area is 92.0 Å². The molecule has 2 fully saturated rings. The summed E-state index contributed by atoms with van der Waals surface area (Å²) in [6, 6.07) is 0.385. The van der Waals surface area contributed by atoms with Gasteiger partial charge in [-0.05, 0) is 17.3 Å². The minimum Gasteiger partial charge on any atom is -0.359 e. The van der Waals surface area contributed by atoms with Gasteiger partial charge in [0.15, 0.2) is 5.69 Å². The molecule has 2 aliphatic rings. The molecule has 0 aliphatic carbocycles. The van der Waals surface area contributed by atoms with E-state index in [1.807, 2.05) is 0 Å². The van der Waals surface area contributed by atoms with Gasteiger partial charge in [-0.2, -0.15) is 0 Å². The molecule has 16 heavy (non-hydrogen) atoms. The van der Waals surface area contributed by atoms with Crippen molar-refractivity contribution in [3.8, 4) is 0 Å². The molecule has 1 aromatic rings. The third kappa shape index (κ3) is 1.28. The Kier molecular flexibility index (Phi) is 2.06. The second-order valence-electron chi connectivity index (χ2n) is 4.33. The summed E-state index contributed by atoms with van der Waals surface area (Å²) in [6.45, 7) is 2.82. The van der Waals surface area contributed by atoms with Crippen molar-refractivity contribution in [2.45, 2.75) is 12.5 Å². The highest BCUT2D eigenvalue weighted by Crippen LogP contribution is 2.35. The van der Waals surface area contributed by atoms with Gasteiger partial charge in [0.25, 0.3) is 0 Å². The van der Waals surface area contributed by atoms with Crippen LogP contribution in [0.1, 0.15) is 6.42 Å². The van der Waals surface area contributed by atoms with E-state index < -0.39 is 4.92 Å². The number of aromatic nitrogens is 2. The molecule has 0 aromatic carbocycles. The van der Waals surface area contributed by atoms with E-state index in [1.165, 1.54) is 0 Å². The molecule has 3 rings (SSSR count). The normalized spacial score (nSPS) is 28.4. The van der Waals surface area contributed by atoms with Crippen LogP contribution in [-0.2, 0) is 0 Å². The van der Waals surface area contributed by atoms with Crippen molar-refractivity contribution >= 4 is 11.5 Å². The Hall–Kier alpha value is -1.63. The first-order chi connectivity index (χ1) is 7.77. The molecule has 0 unspecified atom stereocenters. The van der Waals surface area contributed by atoms with Crippen LogP contribution in [0.15, 0.2) is 6.20 Å². The van der Waals surface area contributed by atoms with Gasteiger partial charge in [-0.25, -0.2) is 0 Å². The first kappa shape index (κ1) is 9.59. The summed E-state index contributed by atoms with van der Waals surface area (Å²) in [6.07, 6.45) is 2.65. The van der Waals surface area contributed by atoms with Gasteiger partial charge in [0.2, 0.25) is 0 Å². The van der Waals surface area contributed by atoms with E-state index >= 15 is 0 Å². The second-order valence-corrected chi connectivity index (χ2v) is 4.33. The van der Waals surface area contributed by atoms with Gasteiger partial charge in [-0.3, -0.25) is 0 Å². The van der Waals surface area contributed by atoms with Crippen LogP contribution >= 0.6 is 0 Å². The molecule has 1 aromatic heterocycles. The maximum Gasteiger partial charge on any atom is 0.366 e. The summed E-state index contributed by atoms with van der Waals surface area (Å²) in [7, 11) is 0. The van der Waals surface area contributed by atoms with E-state index in [0.717, 1.165) is 26.1 Å². The number of nitrogens with one attached hydrogen (secondary N) is 2. The number of hydrogen-bond acceptors (Lipinski definition) is 5. The van der Waals surface area contributed by atoms with E-state index in [-0.39, 0.29) is 5.82 Å². The van der Waals surface area contributed by atoms with Gasteiger partial charge >= 0.3 is 5.82 Å². The van der Waals surface area contributed by atoms with Crippen molar-refractivity contribution in [2.75, 3.05) is 24.5 Å². The minimum absolute atomic E-state index is 0.00699. The van der Waals surface area contributed by atoms with Crippen molar-refractivity contribution in [2.24, 2.45) is 5.92 Å². The molecular weight excluding hydrogens is 210 g/mol. The minimum atomic E-state index is -0.405. The fraction of sp³-hybridized carbons (Fsp3) is 0.667. The zero-order chi connectivity index (χ0) is 11.1. The van der Waals surface area contributed by atoms with E-state index in [0.29, 0.717) is 17.6 Å². The average Bonchev–Trinajstić information content (AvgIpc) is 2.92. The van der Waals surface area contributed by atoms with Crippen molar-refractivity contribution in [1.82, 2.24) is 15.5 Å². The van der Waals surface area contributed by atoms with Crippen LogP contribution in [0.25, 0.3) is 0 Å². The first-order valence-corrected chi connectivity index (χ1v) is 5.42. The quantitative estimate of drug-likeness (QED) is 0.549. The van der Waals surface area contributed by atoms with Gasteiger partial charge in [0.05, 0.1) is 0 Å². The molecule has 7 heteroatoms. The highest BCUT2D eigenvalue weighted by molar-refractivity contribution is 5.59. The zero-order valence-corrected chi connectivity index (χ0v) is 8.72. The summed E-state index contributed by atoms with van der Waals surface area (Å²) < 4.78 is 0. The van der Waals surface area contributed by atoms with Crippen LogP contribution < -0.4 is 10.2 Å². The fourth-order valence-corrected chi connectivity index (χ4v) is 2.77. The second kappa shape index (κ2) is 3.44. The maximum atomic E-state index is 10.8. The molecule has 0 saturated carbocycles. The molecule has 2 N–H and O–H groups in total. The average molecular weight is 223 g/mol. The zero-order valence-electron chi connectivity index (χ0n) is 8.72. The monoisotopic (exact) mass is 223 g/mol. The Bertz CT molecular complexity index is 418. The molecule has 7 nitrogen and oxygen atoms in total. The van der Waals surface area contributed by atoms with E-state index in [4.69, 9.17) is 0 Å². The number of nitro groups is 1. The van der Waals surface area contributed by atoms with Gasteiger partial charge in [0, 0.05) is 25.7 Å². The molecule has 3 heterocycles. The Morgan fingerprint density at radius 1 is 1.56 bits per heavy atom. The Morgan fingerprint density at radius 3 is 3.25 bits per heavy atom. The lowest BCUT2D eigenvalue weighted by atomic mass is 10.1. The van der Waals surface area contributed by atoms with E-state index in [9.17, 15) is 10.1 Å². The van der Waals surface area contributed by atoms with Crippen molar-refractivity contribution in [3.63, 3.8) is 0 Å². The van der Waals surface area contributed by atoms with Crippen LogP contribution in [0.5, 0.6) is 0 Å². The summed E-state index contributed by atoms with van der Waals surface area (Å²) in [5, 5.41) is 20.4. The molecule has 2 saturated heterocycles. The van der Waals surface area contributed by atoms with Crippen molar-refractivity contribution < 1.29 is 4.92 Å². The summed E-state index contributed by atoms with van der Waals surface area (Å²) in [4.78, 5) is 12.5. The van der Waals surface area contributed by atoms with E-state index in [1.54, 1.807) is 6.20 Å². The smallest absolute Gasteiger partial charge is 0.359 e. The fourth-order valence-electron chi connectivity index (χ4n) is 2.77. The van der Waals surface area contributed by atoms with Crippen LogP contribution in [0.2, 0.25) is 0 Å². The topological polar surface area (TPSA) is 87.1 Å². The summed E-state index contributed by atoms with van der Waals surface area (Å²) in [5.41, 5.74) is 0.626. The maximum absolute atomic E-state index is 10.8. The molecule has 0 bridgehead atoms. The van der Waals surface area contributed by atoms with Crippen LogP contribution in [0, 0.1) is 16.0 Å². The summed E-state index contributed by atoms with van der Waals surface area (Å²) >= 11 is 0. The first-order valence-electron chi connectivity index (χ1n) is 5.42. The molecule has 0 radical (unpaired) electrons. The number of anilines is 1. The number of nitrogens with zero attached hydrogens (tertiary/aromatic N) is 3. The van der Waals surface area contributed by atoms with Crippen LogP contribution in [0.4, 0.5) is 11.5 Å². The van der Waals surface area contributed by atoms with Crippen molar-refractivity contribution in [3.05, 3.63) is 16.3 Å². The standard InChI is InChI=1S/C9H13N5O2/c15-14(16)9-8(5-11-12-9)13-2-1-6-3-10-4-7(6)13/h5-7,10H,1-4H2,(H,11,12)/t6-,7+/m0/s1. The molecule has 86 valence electrons. The molecule has 0 amide bonds. The SMILES string of the molecule is O=[N+]([O-])c1[nH]ncc1N1CC[C@H]2CNC[C@H]21. The Balaban J connectivity index is 1.92. The lowest BCUT2D eigenvalue weighted by Crippen LogP contribution is -2.34.